The van der Waals surface area contributed by atoms with Crippen molar-refractivity contribution >= 4 is 51.7 Å². The lowest BCUT2D eigenvalue weighted by atomic mass is 10.2. The predicted molar refractivity (Wildman–Crippen MR) is 129 cm³/mol. The average molecular weight is 459 g/mol. The van der Waals surface area contributed by atoms with Gasteiger partial charge in [0.1, 0.15) is 15.8 Å². The van der Waals surface area contributed by atoms with Crippen LogP contribution in [0.15, 0.2) is 28.0 Å². The Balaban J connectivity index is 1.73. The highest BCUT2D eigenvalue weighted by atomic mass is 32.2. The Morgan fingerprint density at radius 3 is 2.81 bits per heavy atom. The minimum absolute atomic E-state index is 0.160. The van der Waals surface area contributed by atoms with Crippen molar-refractivity contribution in [2.24, 2.45) is 0 Å². The lowest BCUT2D eigenvalue weighted by Gasteiger charge is -2.20. The largest absolute Gasteiger partial charge is 0.382 e. The zero-order valence-electron chi connectivity index (χ0n) is 17.8. The third kappa shape index (κ3) is 4.40. The Bertz CT molecular complexity index is 1110. The highest BCUT2D eigenvalue weighted by molar-refractivity contribution is 8.26. The van der Waals surface area contributed by atoms with E-state index in [9.17, 15) is 9.59 Å². The van der Waals surface area contributed by atoms with E-state index in [1.54, 1.807) is 21.6 Å². The molecule has 164 valence electrons. The lowest BCUT2D eigenvalue weighted by Crippen LogP contribution is -2.30. The Kier molecular flexibility index (Phi) is 6.74. The number of thiocarbonyl (C=S) groups is 1. The third-order valence-electron chi connectivity index (χ3n) is 5.49. The molecule has 0 bridgehead atoms. The fourth-order valence-electron chi connectivity index (χ4n) is 3.89. The van der Waals surface area contributed by atoms with Crippen molar-refractivity contribution in [3.8, 4) is 0 Å². The number of carbonyl (C=O) groups is 1. The van der Waals surface area contributed by atoms with Crippen LogP contribution in [0.25, 0.3) is 11.7 Å². The maximum Gasteiger partial charge on any atom is 0.267 e. The summed E-state index contributed by atoms with van der Waals surface area (Å²) in [7, 11) is 0. The summed E-state index contributed by atoms with van der Waals surface area (Å²) in [5, 5.41) is 0. The molecule has 1 amide bonds. The molecule has 0 saturated carbocycles. The van der Waals surface area contributed by atoms with E-state index in [0.717, 1.165) is 31.5 Å². The van der Waals surface area contributed by atoms with E-state index < -0.39 is 0 Å². The number of carbonyl (C=O) groups excluding carboxylic acids is 1. The number of fused-ring (bicyclic) bond motifs is 1. The van der Waals surface area contributed by atoms with Gasteiger partial charge in [-0.05, 0) is 50.8 Å². The Labute approximate surface area is 191 Å². The van der Waals surface area contributed by atoms with Gasteiger partial charge in [0.15, 0.2) is 0 Å². The van der Waals surface area contributed by atoms with E-state index in [0.29, 0.717) is 52.4 Å². The number of ether oxygens (including phenoxy) is 1. The molecular formula is C22H26N4O3S2. The summed E-state index contributed by atoms with van der Waals surface area (Å²) >= 11 is 6.68. The predicted octanol–water partition coefficient (Wildman–Crippen LogP) is 3.23. The maximum atomic E-state index is 13.4. The SMILES string of the molecule is CCOCCCN1C(=O)/C(=C/c2c(N3CCCC3)nc3c(C)cccn3c2=O)SC1=S. The molecule has 2 aromatic heterocycles. The Morgan fingerprint density at radius 1 is 1.29 bits per heavy atom. The van der Waals surface area contributed by atoms with Crippen LogP contribution in [0.5, 0.6) is 0 Å². The van der Waals surface area contributed by atoms with Crippen LogP contribution in [0.3, 0.4) is 0 Å². The molecule has 2 aromatic rings. The van der Waals surface area contributed by atoms with Gasteiger partial charge in [-0.3, -0.25) is 18.9 Å². The molecule has 0 radical (unpaired) electrons. The summed E-state index contributed by atoms with van der Waals surface area (Å²) in [5.41, 5.74) is 1.86. The summed E-state index contributed by atoms with van der Waals surface area (Å²) in [6.45, 7) is 7.34. The molecule has 2 aliphatic rings. The van der Waals surface area contributed by atoms with E-state index in [4.69, 9.17) is 21.9 Å². The van der Waals surface area contributed by atoms with Gasteiger partial charge < -0.3 is 9.64 Å². The normalized spacial score (nSPS) is 18.2. The number of hydrogen-bond donors (Lipinski definition) is 0. The van der Waals surface area contributed by atoms with Crippen molar-refractivity contribution in [2.45, 2.75) is 33.1 Å². The standard InChI is InChI=1S/C22H26N4O3S2/c1-3-29-13-7-12-26-21(28)17(31-22(26)30)14-16-19(24-9-4-5-10-24)23-18-15(2)8-6-11-25(18)20(16)27/h6,8,11,14H,3-5,7,9-10,12-13H2,1-2H3/b17-14-. The van der Waals surface area contributed by atoms with Gasteiger partial charge in [-0.1, -0.05) is 30.0 Å². The fourth-order valence-corrected chi connectivity index (χ4v) is 5.18. The van der Waals surface area contributed by atoms with Gasteiger partial charge in [0.2, 0.25) is 0 Å². The first kappa shape index (κ1) is 22.0. The molecule has 31 heavy (non-hydrogen) atoms. The molecule has 4 heterocycles. The highest BCUT2D eigenvalue weighted by Crippen LogP contribution is 2.34. The molecule has 2 saturated heterocycles. The van der Waals surface area contributed by atoms with E-state index in [2.05, 4.69) is 4.90 Å². The zero-order valence-corrected chi connectivity index (χ0v) is 19.4. The van der Waals surface area contributed by atoms with Gasteiger partial charge in [-0.2, -0.15) is 0 Å². The summed E-state index contributed by atoms with van der Waals surface area (Å²) < 4.78 is 7.44. The number of anilines is 1. The van der Waals surface area contributed by atoms with E-state index in [1.807, 2.05) is 26.0 Å². The van der Waals surface area contributed by atoms with Crippen LogP contribution in [0.1, 0.15) is 37.3 Å². The molecule has 2 fully saturated rings. The molecular weight excluding hydrogens is 432 g/mol. The van der Waals surface area contributed by atoms with Gasteiger partial charge in [-0.15, -0.1) is 0 Å². The number of nitrogens with zero attached hydrogens (tertiary/aromatic N) is 4. The molecule has 0 atom stereocenters. The van der Waals surface area contributed by atoms with Crippen molar-refractivity contribution in [1.82, 2.24) is 14.3 Å². The number of rotatable bonds is 7. The topological polar surface area (TPSA) is 67.2 Å². The van der Waals surface area contributed by atoms with Crippen molar-refractivity contribution in [1.29, 1.82) is 0 Å². The molecule has 9 heteroatoms. The van der Waals surface area contributed by atoms with Crippen LogP contribution < -0.4 is 10.5 Å². The second kappa shape index (κ2) is 9.50. The van der Waals surface area contributed by atoms with Crippen LogP contribution in [0.2, 0.25) is 0 Å². The molecule has 0 spiro atoms. The van der Waals surface area contributed by atoms with Gasteiger partial charge >= 0.3 is 0 Å². The van der Waals surface area contributed by atoms with Crippen LogP contribution >= 0.6 is 24.0 Å². The smallest absolute Gasteiger partial charge is 0.267 e. The Hall–Kier alpha value is -2.23. The van der Waals surface area contributed by atoms with Crippen LogP contribution in [-0.4, -0.2) is 57.4 Å². The molecule has 0 unspecified atom stereocenters. The third-order valence-corrected chi connectivity index (χ3v) is 6.87. The quantitative estimate of drug-likeness (QED) is 0.358. The van der Waals surface area contributed by atoms with Gasteiger partial charge in [-0.25, -0.2) is 4.98 Å². The first-order chi connectivity index (χ1) is 15.0. The minimum Gasteiger partial charge on any atom is -0.382 e. The van der Waals surface area contributed by atoms with Gasteiger partial charge in [0.25, 0.3) is 11.5 Å². The first-order valence-corrected chi connectivity index (χ1v) is 11.8. The second-order valence-corrected chi connectivity index (χ2v) is 9.29. The number of aryl methyl sites for hydroxylation is 1. The number of pyridine rings is 1. The monoisotopic (exact) mass is 458 g/mol. The minimum atomic E-state index is -0.169. The zero-order chi connectivity index (χ0) is 22.0. The number of thioether (sulfide) groups is 1. The molecule has 0 aromatic carbocycles. The highest BCUT2D eigenvalue weighted by Gasteiger charge is 2.32. The molecule has 2 aliphatic heterocycles. The average Bonchev–Trinajstić information content (AvgIpc) is 3.37. The Morgan fingerprint density at radius 2 is 2.06 bits per heavy atom. The first-order valence-electron chi connectivity index (χ1n) is 10.6. The number of hydrogen-bond acceptors (Lipinski definition) is 7. The fraction of sp³-hybridized carbons (Fsp3) is 0.455. The van der Waals surface area contributed by atoms with E-state index >= 15 is 0 Å². The van der Waals surface area contributed by atoms with Gasteiger partial charge in [0.05, 0.1) is 10.5 Å². The summed E-state index contributed by atoms with van der Waals surface area (Å²) in [6, 6.07) is 3.78. The van der Waals surface area contributed by atoms with Crippen molar-refractivity contribution in [3.05, 3.63) is 44.7 Å². The van der Waals surface area contributed by atoms with Crippen molar-refractivity contribution in [3.63, 3.8) is 0 Å². The maximum absolute atomic E-state index is 13.4. The van der Waals surface area contributed by atoms with Gasteiger partial charge in [0, 0.05) is 39.0 Å². The number of aromatic nitrogens is 2. The van der Waals surface area contributed by atoms with E-state index in [-0.39, 0.29) is 11.5 Å². The summed E-state index contributed by atoms with van der Waals surface area (Å²) in [6.07, 6.45) is 6.25. The second-order valence-electron chi connectivity index (χ2n) is 7.62. The van der Waals surface area contributed by atoms with Crippen molar-refractivity contribution < 1.29 is 9.53 Å². The molecule has 0 N–H and O–H groups in total. The van der Waals surface area contributed by atoms with Crippen LogP contribution in [-0.2, 0) is 9.53 Å². The van der Waals surface area contributed by atoms with Crippen molar-refractivity contribution in [2.75, 3.05) is 37.7 Å². The summed E-state index contributed by atoms with van der Waals surface area (Å²) in [5.74, 6) is 0.492. The van der Waals surface area contributed by atoms with Crippen LogP contribution in [0, 0.1) is 6.92 Å². The van der Waals surface area contributed by atoms with E-state index in [1.165, 1.54) is 11.8 Å². The lowest BCUT2D eigenvalue weighted by molar-refractivity contribution is -0.122. The molecule has 0 aliphatic carbocycles. The molecule has 7 nitrogen and oxygen atoms in total. The number of amides is 1. The molecule has 4 rings (SSSR count). The van der Waals surface area contributed by atoms with Crippen LogP contribution in [0.4, 0.5) is 5.82 Å². The summed E-state index contributed by atoms with van der Waals surface area (Å²) in [4.78, 5) is 35.5.